The Morgan fingerprint density at radius 3 is 2.78 bits per heavy atom. The van der Waals surface area contributed by atoms with Gasteiger partial charge in [0.2, 0.25) is 0 Å². The van der Waals surface area contributed by atoms with Crippen molar-refractivity contribution in [2.45, 2.75) is 0 Å². The van der Waals surface area contributed by atoms with E-state index in [4.69, 9.17) is 14.7 Å². The number of esters is 1. The van der Waals surface area contributed by atoms with Gasteiger partial charge in [0.25, 0.3) is 0 Å². The molecule has 0 fully saturated rings. The van der Waals surface area contributed by atoms with Crippen LogP contribution in [0, 0.1) is 11.3 Å². The van der Waals surface area contributed by atoms with Crippen molar-refractivity contribution in [2.24, 2.45) is 0 Å². The summed E-state index contributed by atoms with van der Waals surface area (Å²) in [4.78, 5) is 10.9. The standard InChI is InChI=1S/C13H13NO4/c1-16-12-9-10(4-6-13(15)17-2)3-5-11(12)18-8-7-14/h3-6,9H,8H2,1-2H3. The van der Waals surface area contributed by atoms with Gasteiger partial charge < -0.3 is 14.2 Å². The lowest BCUT2D eigenvalue weighted by Gasteiger charge is -2.08. The average Bonchev–Trinajstić information content (AvgIpc) is 2.42. The summed E-state index contributed by atoms with van der Waals surface area (Å²) in [5.41, 5.74) is 0.765. The van der Waals surface area contributed by atoms with E-state index in [1.807, 2.05) is 6.07 Å². The van der Waals surface area contributed by atoms with Crippen molar-refractivity contribution >= 4 is 12.0 Å². The fraction of sp³-hybridized carbons (Fsp3) is 0.231. The number of rotatable bonds is 5. The first-order valence-corrected chi connectivity index (χ1v) is 5.15. The van der Waals surface area contributed by atoms with Gasteiger partial charge in [-0.05, 0) is 23.8 Å². The SMILES string of the molecule is COC(=O)C=Cc1ccc(OCC#N)c(OC)c1. The number of ether oxygens (including phenoxy) is 3. The topological polar surface area (TPSA) is 68.5 Å². The molecule has 1 aromatic carbocycles. The zero-order chi connectivity index (χ0) is 13.4. The van der Waals surface area contributed by atoms with Gasteiger partial charge >= 0.3 is 5.97 Å². The minimum absolute atomic E-state index is 0.0479. The molecule has 0 spiro atoms. The van der Waals surface area contributed by atoms with Crippen LogP contribution in [-0.2, 0) is 9.53 Å². The summed E-state index contributed by atoms with van der Waals surface area (Å²) < 4.78 is 14.8. The van der Waals surface area contributed by atoms with Crippen molar-refractivity contribution < 1.29 is 19.0 Å². The van der Waals surface area contributed by atoms with Crippen LogP contribution in [0.15, 0.2) is 24.3 Å². The van der Waals surface area contributed by atoms with Gasteiger partial charge in [0, 0.05) is 6.08 Å². The third-order valence-electron chi connectivity index (χ3n) is 2.09. The molecule has 0 saturated carbocycles. The number of carbonyl (C=O) groups excluding carboxylic acids is 1. The molecule has 18 heavy (non-hydrogen) atoms. The van der Waals surface area contributed by atoms with Crippen molar-refractivity contribution in [1.82, 2.24) is 0 Å². The Labute approximate surface area is 105 Å². The van der Waals surface area contributed by atoms with E-state index in [1.165, 1.54) is 20.3 Å². The second kappa shape index (κ2) is 6.97. The third-order valence-corrected chi connectivity index (χ3v) is 2.09. The van der Waals surface area contributed by atoms with Gasteiger partial charge in [-0.3, -0.25) is 0 Å². The van der Waals surface area contributed by atoms with Gasteiger partial charge in [-0.15, -0.1) is 0 Å². The first-order chi connectivity index (χ1) is 8.71. The maximum atomic E-state index is 10.9. The minimum Gasteiger partial charge on any atom is -0.493 e. The summed E-state index contributed by atoms with van der Waals surface area (Å²) in [5, 5.41) is 8.44. The highest BCUT2D eigenvalue weighted by Gasteiger charge is 2.04. The third kappa shape index (κ3) is 3.83. The largest absolute Gasteiger partial charge is 0.493 e. The molecule has 5 heteroatoms. The van der Waals surface area contributed by atoms with Gasteiger partial charge in [0.1, 0.15) is 6.07 Å². The summed E-state index contributed by atoms with van der Waals surface area (Å²) in [5.74, 6) is 0.547. The normalized spacial score (nSPS) is 9.83. The van der Waals surface area contributed by atoms with E-state index in [1.54, 1.807) is 24.3 Å². The smallest absolute Gasteiger partial charge is 0.330 e. The van der Waals surface area contributed by atoms with Crippen molar-refractivity contribution in [3.05, 3.63) is 29.8 Å². The highest BCUT2D eigenvalue weighted by molar-refractivity contribution is 5.87. The molecule has 1 aromatic rings. The van der Waals surface area contributed by atoms with Crippen molar-refractivity contribution in [1.29, 1.82) is 5.26 Å². The fourth-order valence-electron chi connectivity index (χ4n) is 1.25. The lowest BCUT2D eigenvalue weighted by Crippen LogP contribution is -1.97. The molecule has 0 bridgehead atoms. The number of hydrogen-bond acceptors (Lipinski definition) is 5. The first kappa shape index (κ1) is 13.6. The van der Waals surface area contributed by atoms with E-state index in [0.29, 0.717) is 11.5 Å². The molecule has 0 aromatic heterocycles. The Morgan fingerprint density at radius 1 is 1.39 bits per heavy atom. The van der Waals surface area contributed by atoms with Gasteiger partial charge in [-0.25, -0.2) is 4.79 Å². The molecule has 0 aliphatic carbocycles. The van der Waals surface area contributed by atoms with Gasteiger partial charge in [0.05, 0.1) is 14.2 Å². The van der Waals surface area contributed by atoms with Gasteiger partial charge in [0.15, 0.2) is 18.1 Å². The lowest BCUT2D eigenvalue weighted by atomic mass is 10.2. The maximum Gasteiger partial charge on any atom is 0.330 e. The van der Waals surface area contributed by atoms with Crippen LogP contribution >= 0.6 is 0 Å². The van der Waals surface area contributed by atoms with Crippen LogP contribution < -0.4 is 9.47 Å². The molecular weight excluding hydrogens is 234 g/mol. The molecule has 1 rings (SSSR count). The Balaban J connectivity index is 2.88. The van der Waals surface area contributed by atoms with Gasteiger partial charge in [-0.1, -0.05) is 6.07 Å². The highest BCUT2D eigenvalue weighted by Crippen LogP contribution is 2.28. The van der Waals surface area contributed by atoms with Crippen LogP contribution in [0.25, 0.3) is 6.08 Å². The number of nitrogens with zero attached hydrogens (tertiary/aromatic N) is 1. The van der Waals surface area contributed by atoms with E-state index in [9.17, 15) is 4.79 Å². The molecule has 0 aliphatic heterocycles. The molecule has 0 heterocycles. The number of benzene rings is 1. The van der Waals surface area contributed by atoms with Crippen molar-refractivity contribution in [2.75, 3.05) is 20.8 Å². The summed E-state index contributed by atoms with van der Waals surface area (Å²) in [6.45, 7) is -0.0479. The molecule has 0 unspecified atom stereocenters. The zero-order valence-electron chi connectivity index (χ0n) is 10.2. The van der Waals surface area contributed by atoms with Crippen molar-refractivity contribution in [3.63, 3.8) is 0 Å². The van der Waals surface area contributed by atoms with Crippen LogP contribution in [0.5, 0.6) is 11.5 Å². The van der Waals surface area contributed by atoms with E-state index < -0.39 is 5.97 Å². The van der Waals surface area contributed by atoms with Crippen LogP contribution in [-0.4, -0.2) is 26.8 Å². The molecule has 0 saturated heterocycles. The summed E-state index contributed by atoms with van der Waals surface area (Å²) in [7, 11) is 2.81. The quantitative estimate of drug-likeness (QED) is 0.586. The molecule has 5 nitrogen and oxygen atoms in total. The summed E-state index contributed by atoms with van der Waals surface area (Å²) in [6.07, 6.45) is 2.91. The van der Waals surface area contributed by atoms with E-state index in [0.717, 1.165) is 5.56 Å². The van der Waals surface area contributed by atoms with Crippen LogP contribution in [0.3, 0.4) is 0 Å². The molecular formula is C13H13NO4. The van der Waals surface area contributed by atoms with E-state index in [2.05, 4.69) is 4.74 Å². The Bertz CT molecular complexity index is 488. The molecule has 0 aliphatic rings. The van der Waals surface area contributed by atoms with Gasteiger partial charge in [-0.2, -0.15) is 5.26 Å². The number of methoxy groups -OCH3 is 2. The predicted molar refractivity (Wildman–Crippen MR) is 65.2 cm³/mol. The maximum absolute atomic E-state index is 10.9. The second-order valence-corrected chi connectivity index (χ2v) is 3.21. The minimum atomic E-state index is -0.432. The highest BCUT2D eigenvalue weighted by atomic mass is 16.5. The zero-order valence-corrected chi connectivity index (χ0v) is 10.2. The molecule has 94 valence electrons. The number of hydrogen-bond donors (Lipinski definition) is 0. The monoisotopic (exact) mass is 247 g/mol. The van der Waals surface area contributed by atoms with Crippen molar-refractivity contribution in [3.8, 4) is 17.6 Å². The van der Waals surface area contributed by atoms with Crippen LogP contribution in [0.4, 0.5) is 0 Å². The van der Waals surface area contributed by atoms with E-state index in [-0.39, 0.29) is 6.61 Å². The molecule has 0 radical (unpaired) electrons. The number of carbonyl (C=O) groups is 1. The first-order valence-electron chi connectivity index (χ1n) is 5.15. The average molecular weight is 247 g/mol. The Kier molecular flexibility index (Phi) is 5.26. The Hall–Kier alpha value is -2.48. The molecule has 0 amide bonds. The second-order valence-electron chi connectivity index (χ2n) is 3.21. The van der Waals surface area contributed by atoms with Crippen LogP contribution in [0.2, 0.25) is 0 Å². The molecule has 0 N–H and O–H groups in total. The molecule has 0 atom stereocenters. The number of nitriles is 1. The fourth-order valence-corrected chi connectivity index (χ4v) is 1.25. The summed E-state index contributed by atoms with van der Waals surface area (Å²) in [6, 6.07) is 7.00. The predicted octanol–water partition coefficient (Wildman–Crippen LogP) is 1.78. The lowest BCUT2D eigenvalue weighted by molar-refractivity contribution is -0.134. The van der Waals surface area contributed by atoms with E-state index >= 15 is 0 Å². The summed E-state index contributed by atoms with van der Waals surface area (Å²) >= 11 is 0. The van der Waals surface area contributed by atoms with Crippen LogP contribution in [0.1, 0.15) is 5.56 Å². The Morgan fingerprint density at radius 2 is 2.17 bits per heavy atom.